The summed E-state index contributed by atoms with van der Waals surface area (Å²) in [4.78, 5) is 0. The zero-order valence-electron chi connectivity index (χ0n) is 9.94. The lowest BCUT2D eigenvalue weighted by Gasteiger charge is -2.12. The van der Waals surface area contributed by atoms with E-state index in [-0.39, 0.29) is 0 Å². The highest BCUT2D eigenvalue weighted by Gasteiger charge is 2.16. The van der Waals surface area contributed by atoms with E-state index in [9.17, 15) is 0 Å². The van der Waals surface area contributed by atoms with E-state index in [1.165, 1.54) is 47.1 Å². The summed E-state index contributed by atoms with van der Waals surface area (Å²) in [6, 6.07) is 2.27. The fourth-order valence-corrected chi connectivity index (χ4v) is 2.67. The smallest absolute Gasteiger partial charge is 0.0156 e. The molecule has 1 aromatic rings. The second kappa shape index (κ2) is 4.47. The van der Waals surface area contributed by atoms with Gasteiger partial charge in [-0.05, 0) is 67.0 Å². The average molecular weight is 233 g/mol. The molecule has 0 nitrogen and oxygen atoms in total. The Bertz CT molecular complexity index is 463. The molecule has 1 aromatic carbocycles. The van der Waals surface area contributed by atoms with E-state index >= 15 is 0 Å². The molecule has 0 fully saturated rings. The molecule has 0 saturated carbocycles. The Morgan fingerprint density at radius 3 is 2.81 bits per heavy atom. The number of halogens is 1. The monoisotopic (exact) mass is 232 g/mol. The van der Waals surface area contributed by atoms with Gasteiger partial charge in [0.25, 0.3) is 0 Å². The summed E-state index contributed by atoms with van der Waals surface area (Å²) in [5.74, 6) is 0. The van der Waals surface area contributed by atoms with Crippen LogP contribution in [0.1, 0.15) is 41.2 Å². The largest absolute Gasteiger partial charge is 0.0984 e. The van der Waals surface area contributed by atoms with Crippen LogP contribution in [0.3, 0.4) is 0 Å². The molecule has 0 bridgehead atoms. The van der Waals surface area contributed by atoms with Crippen LogP contribution in [-0.2, 0) is 12.8 Å². The Hall–Kier alpha value is -1.01. The topological polar surface area (TPSA) is 0 Å². The molecule has 0 N–H and O–H groups in total. The summed E-state index contributed by atoms with van der Waals surface area (Å²) < 4.78 is 0. The molecular formula is C15H17Cl. The summed E-state index contributed by atoms with van der Waals surface area (Å²) in [6.07, 6.45) is 7.67. The predicted octanol–water partition coefficient (Wildman–Crippen LogP) is 4.73. The number of hydrogen-bond acceptors (Lipinski definition) is 0. The molecule has 0 saturated heterocycles. The molecule has 0 aliphatic heterocycles. The molecule has 0 heterocycles. The Kier molecular flexibility index (Phi) is 3.20. The standard InChI is InChI=1S/C15H17Cl/c1-4-12-9-13-6-5-7-14(13)11(3)15(12)8-10(2)16/h4,8-9H,1,5-7H2,2-3H3/b10-8+. The van der Waals surface area contributed by atoms with Gasteiger partial charge in [-0.15, -0.1) is 0 Å². The van der Waals surface area contributed by atoms with Gasteiger partial charge >= 0.3 is 0 Å². The third-order valence-electron chi connectivity index (χ3n) is 3.32. The quantitative estimate of drug-likeness (QED) is 0.692. The van der Waals surface area contributed by atoms with Crippen LogP contribution < -0.4 is 0 Å². The summed E-state index contributed by atoms with van der Waals surface area (Å²) in [5, 5.41) is 0.823. The van der Waals surface area contributed by atoms with Crippen molar-refractivity contribution in [1.82, 2.24) is 0 Å². The Balaban J connectivity index is 2.67. The normalized spacial score (nSPS) is 15.1. The highest BCUT2D eigenvalue weighted by atomic mass is 35.5. The van der Waals surface area contributed by atoms with Gasteiger partial charge < -0.3 is 0 Å². The Morgan fingerprint density at radius 1 is 1.44 bits per heavy atom. The lowest BCUT2D eigenvalue weighted by Crippen LogP contribution is -1.95. The second-order valence-corrected chi connectivity index (χ2v) is 5.03. The van der Waals surface area contributed by atoms with Crippen LogP contribution in [0.25, 0.3) is 12.2 Å². The van der Waals surface area contributed by atoms with Crippen LogP contribution >= 0.6 is 11.6 Å². The minimum Gasteiger partial charge on any atom is -0.0984 e. The maximum Gasteiger partial charge on any atom is 0.0156 e. The molecule has 1 aliphatic rings. The molecule has 0 unspecified atom stereocenters. The van der Waals surface area contributed by atoms with Crippen molar-refractivity contribution >= 4 is 23.8 Å². The second-order valence-electron chi connectivity index (χ2n) is 4.43. The first kappa shape index (κ1) is 11.5. The van der Waals surface area contributed by atoms with E-state index in [1.807, 2.05) is 19.1 Å². The third-order valence-corrected chi connectivity index (χ3v) is 3.43. The van der Waals surface area contributed by atoms with Gasteiger partial charge in [0.1, 0.15) is 0 Å². The highest BCUT2D eigenvalue weighted by molar-refractivity contribution is 6.31. The van der Waals surface area contributed by atoms with Crippen molar-refractivity contribution in [1.29, 1.82) is 0 Å². The van der Waals surface area contributed by atoms with E-state index < -0.39 is 0 Å². The summed E-state index contributed by atoms with van der Waals surface area (Å²) in [6.45, 7) is 8.01. The fourth-order valence-electron chi connectivity index (χ4n) is 2.56. The van der Waals surface area contributed by atoms with Gasteiger partial charge in [-0.25, -0.2) is 0 Å². The predicted molar refractivity (Wildman–Crippen MR) is 72.8 cm³/mol. The zero-order chi connectivity index (χ0) is 11.7. The molecule has 0 atom stereocenters. The fraction of sp³-hybridized carbons (Fsp3) is 0.333. The van der Waals surface area contributed by atoms with Gasteiger partial charge in [0.2, 0.25) is 0 Å². The number of hydrogen-bond donors (Lipinski definition) is 0. The van der Waals surface area contributed by atoms with Crippen molar-refractivity contribution in [2.75, 3.05) is 0 Å². The van der Waals surface area contributed by atoms with Gasteiger partial charge in [-0.1, -0.05) is 30.3 Å². The minimum atomic E-state index is 0.823. The van der Waals surface area contributed by atoms with Gasteiger partial charge in [0, 0.05) is 5.03 Å². The molecule has 0 aromatic heterocycles. The molecule has 0 spiro atoms. The summed E-state index contributed by atoms with van der Waals surface area (Å²) in [5.41, 5.74) is 6.85. The zero-order valence-corrected chi connectivity index (χ0v) is 10.7. The lowest BCUT2D eigenvalue weighted by atomic mass is 9.93. The number of allylic oxidation sites excluding steroid dienone is 1. The van der Waals surface area contributed by atoms with E-state index in [0.717, 1.165) is 5.03 Å². The van der Waals surface area contributed by atoms with Crippen molar-refractivity contribution in [3.05, 3.63) is 45.5 Å². The number of benzene rings is 1. The molecule has 2 rings (SSSR count). The van der Waals surface area contributed by atoms with E-state index in [1.54, 1.807) is 0 Å². The van der Waals surface area contributed by atoms with Crippen LogP contribution in [-0.4, -0.2) is 0 Å². The van der Waals surface area contributed by atoms with E-state index in [4.69, 9.17) is 11.6 Å². The van der Waals surface area contributed by atoms with Crippen molar-refractivity contribution in [3.63, 3.8) is 0 Å². The SMILES string of the molecule is C=Cc1cc2c(c(C)c1/C=C(\C)Cl)CCC2. The van der Waals surface area contributed by atoms with E-state index in [2.05, 4.69) is 19.6 Å². The highest BCUT2D eigenvalue weighted by Crippen LogP contribution is 2.32. The third kappa shape index (κ3) is 1.94. The molecule has 0 amide bonds. The molecule has 16 heavy (non-hydrogen) atoms. The summed E-state index contributed by atoms with van der Waals surface area (Å²) >= 11 is 5.99. The van der Waals surface area contributed by atoms with Crippen LogP contribution in [0.4, 0.5) is 0 Å². The number of fused-ring (bicyclic) bond motifs is 1. The van der Waals surface area contributed by atoms with Gasteiger partial charge in [0.15, 0.2) is 0 Å². The molecule has 1 aliphatic carbocycles. The van der Waals surface area contributed by atoms with Crippen molar-refractivity contribution < 1.29 is 0 Å². The molecule has 1 heteroatoms. The van der Waals surface area contributed by atoms with Crippen molar-refractivity contribution in [2.45, 2.75) is 33.1 Å². The van der Waals surface area contributed by atoms with Crippen LogP contribution in [0, 0.1) is 6.92 Å². The minimum absolute atomic E-state index is 0.823. The van der Waals surface area contributed by atoms with Crippen LogP contribution in [0.2, 0.25) is 0 Å². The molecular weight excluding hydrogens is 216 g/mol. The van der Waals surface area contributed by atoms with Crippen molar-refractivity contribution in [3.8, 4) is 0 Å². The van der Waals surface area contributed by atoms with Crippen LogP contribution in [0.5, 0.6) is 0 Å². The lowest BCUT2D eigenvalue weighted by molar-refractivity contribution is 0.909. The molecule has 84 valence electrons. The van der Waals surface area contributed by atoms with E-state index in [0.29, 0.717) is 0 Å². The first-order valence-corrected chi connectivity index (χ1v) is 6.13. The van der Waals surface area contributed by atoms with Gasteiger partial charge in [0.05, 0.1) is 0 Å². The maximum absolute atomic E-state index is 5.99. The van der Waals surface area contributed by atoms with Gasteiger partial charge in [-0.3, -0.25) is 0 Å². The van der Waals surface area contributed by atoms with Crippen molar-refractivity contribution in [2.24, 2.45) is 0 Å². The maximum atomic E-state index is 5.99. The Labute approximate surface area is 103 Å². The van der Waals surface area contributed by atoms with Gasteiger partial charge in [-0.2, -0.15) is 0 Å². The van der Waals surface area contributed by atoms with Crippen LogP contribution in [0.15, 0.2) is 17.7 Å². The first-order chi connectivity index (χ1) is 7.63. The Morgan fingerprint density at radius 2 is 2.19 bits per heavy atom. The summed E-state index contributed by atoms with van der Waals surface area (Å²) in [7, 11) is 0. The first-order valence-electron chi connectivity index (χ1n) is 5.75. The number of rotatable bonds is 2. The average Bonchev–Trinajstić information content (AvgIpc) is 2.69. The molecule has 0 radical (unpaired) electrons. The number of aryl methyl sites for hydroxylation is 1.